The van der Waals surface area contributed by atoms with Crippen LogP contribution in [0.15, 0.2) is 78.9 Å². The van der Waals surface area contributed by atoms with Crippen LogP contribution in [0.3, 0.4) is 0 Å². The molecule has 3 aromatic carbocycles. The van der Waals surface area contributed by atoms with E-state index in [1.165, 1.54) is 5.56 Å². The summed E-state index contributed by atoms with van der Waals surface area (Å²) in [7, 11) is 1.66. The van der Waals surface area contributed by atoms with E-state index in [0.29, 0.717) is 5.82 Å². The van der Waals surface area contributed by atoms with Crippen LogP contribution in [0.25, 0.3) is 39.2 Å². The molecule has 2 aromatic heterocycles. The van der Waals surface area contributed by atoms with Crippen LogP contribution in [-0.4, -0.2) is 26.9 Å². The first kappa shape index (κ1) is 20.2. The molecule has 0 amide bonds. The van der Waals surface area contributed by atoms with E-state index in [0.717, 1.165) is 44.0 Å². The van der Waals surface area contributed by atoms with Crippen LogP contribution in [-0.2, 0) is 0 Å². The van der Waals surface area contributed by atoms with E-state index in [9.17, 15) is 0 Å². The minimum atomic E-state index is 0.650. The fraction of sp³-hybridized carbons (Fsp3) is 0.115. The molecule has 0 unspecified atom stereocenters. The van der Waals surface area contributed by atoms with Crippen molar-refractivity contribution in [3.8, 4) is 44.9 Å². The highest BCUT2D eigenvalue weighted by Gasteiger charge is 2.20. The van der Waals surface area contributed by atoms with Gasteiger partial charge in [0.15, 0.2) is 16.7 Å². The number of hydrogen-bond acceptors (Lipinski definition) is 5. The lowest BCUT2D eigenvalue weighted by Crippen LogP contribution is -1.99. The fourth-order valence-electron chi connectivity index (χ4n) is 3.53. The number of thiazole rings is 1. The summed E-state index contributed by atoms with van der Waals surface area (Å²) in [6, 6.07) is 26.3. The van der Waals surface area contributed by atoms with Crippen LogP contribution < -0.4 is 4.74 Å². The van der Waals surface area contributed by atoms with Gasteiger partial charge in [-0.25, -0.2) is 14.6 Å². The van der Waals surface area contributed by atoms with Gasteiger partial charge in [-0.15, -0.1) is 16.4 Å². The van der Waals surface area contributed by atoms with E-state index in [1.807, 2.05) is 47.1 Å². The molecule has 0 N–H and O–H groups in total. The third kappa shape index (κ3) is 3.81. The second kappa shape index (κ2) is 8.40. The number of ether oxygens (including phenoxy) is 1. The van der Waals surface area contributed by atoms with Crippen LogP contribution in [0, 0.1) is 13.8 Å². The molecule has 5 nitrogen and oxygen atoms in total. The van der Waals surface area contributed by atoms with Crippen molar-refractivity contribution in [3.05, 3.63) is 89.3 Å². The topological polar surface area (TPSA) is 52.8 Å². The zero-order valence-electron chi connectivity index (χ0n) is 18.1. The standard InChI is InChI=1S/C26H22N4OS/c1-17-9-13-21(14-10-17)30-25(28-24(29-30)20-11-15-22(31-3)16-12-20)26-27-23(18(2)32-26)19-7-5-4-6-8-19/h4-16H,1-3H3. The Morgan fingerprint density at radius 2 is 1.50 bits per heavy atom. The summed E-state index contributed by atoms with van der Waals surface area (Å²) in [5.41, 5.74) is 5.16. The summed E-state index contributed by atoms with van der Waals surface area (Å²) < 4.78 is 7.17. The van der Waals surface area contributed by atoms with Crippen molar-refractivity contribution in [1.82, 2.24) is 19.7 Å². The smallest absolute Gasteiger partial charge is 0.192 e. The molecule has 0 aliphatic heterocycles. The van der Waals surface area contributed by atoms with Crippen LogP contribution in [0.1, 0.15) is 10.4 Å². The third-order valence-electron chi connectivity index (χ3n) is 5.27. The summed E-state index contributed by atoms with van der Waals surface area (Å²) in [4.78, 5) is 11.0. The van der Waals surface area contributed by atoms with E-state index in [-0.39, 0.29) is 0 Å². The van der Waals surface area contributed by atoms with Crippen molar-refractivity contribution < 1.29 is 4.74 Å². The van der Waals surface area contributed by atoms with Gasteiger partial charge in [-0.05, 0) is 50.2 Å². The Balaban J connectivity index is 1.65. The molecule has 0 radical (unpaired) electrons. The number of methoxy groups -OCH3 is 1. The van der Waals surface area contributed by atoms with Crippen molar-refractivity contribution in [1.29, 1.82) is 0 Å². The quantitative estimate of drug-likeness (QED) is 0.321. The lowest BCUT2D eigenvalue weighted by atomic mass is 10.1. The molecule has 5 rings (SSSR count). The minimum Gasteiger partial charge on any atom is -0.497 e. The van der Waals surface area contributed by atoms with Crippen molar-refractivity contribution in [3.63, 3.8) is 0 Å². The largest absolute Gasteiger partial charge is 0.497 e. The highest BCUT2D eigenvalue weighted by Crippen LogP contribution is 2.34. The predicted molar refractivity (Wildman–Crippen MR) is 129 cm³/mol. The maximum absolute atomic E-state index is 5.29. The monoisotopic (exact) mass is 438 g/mol. The Morgan fingerprint density at radius 1 is 0.781 bits per heavy atom. The summed E-state index contributed by atoms with van der Waals surface area (Å²) >= 11 is 1.63. The van der Waals surface area contributed by atoms with Gasteiger partial charge in [0.25, 0.3) is 0 Å². The molecular formula is C26H22N4OS. The van der Waals surface area contributed by atoms with E-state index < -0.39 is 0 Å². The normalized spacial score (nSPS) is 11.0. The number of benzene rings is 3. The first-order chi connectivity index (χ1) is 15.6. The first-order valence-corrected chi connectivity index (χ1v) is 11.2. The fourth-order valence-corrected chi connectivity index (χ4v) is 4.45. The van der Waals surface area contributed by atoms with E-state index in [1.54, 1.807) is 18.4 Å². The molecule has 0 spiro atoms. The average Bonchev–Trinajstić information content (AvgIpc) is 3.44. The summed E-state index contributed by atoms with van der Waals surface area (Å²) in [6.07, 6.45) is 0. The lowest BCUT2D eigenvalue weighted by Gasteiger charge is -2.04. The van der Waals surface area contributed by atoms with Crippen molar-refractivity contribution in [2.45, 2.75) is 13.8 Å². The summed E-state index contributed by atoms with van der Waals surface area (Å²) in [5.74, 6) is 2.18. The van der Waals surface area contributed by atoms with Crippen molar-refractivity contribution in [2.24, 2.45) is 0 Å². The van der Waals surface area contributed by atoms with Crippen LogP contribution in [0.5, 0.6) is 5.75 Å². The first-order valence-electron chi connectivity index (χ1n) is 10.3. The molecule has 158 valence electrons. The van der Waals surface area contributed by atoms with Crippen molar-refractivity contribution >= 4 is 11.3 Å². The maximum atomic E-state index is 5.29. The van der Waals surface area contributed by atoms with Gasteiger partial charge in [-0.1, -0.05) is 48.0 Å². The molecule has 0 aliphatic carbocycles. The Hall–Kier alpha value is -3.77. The second-order valence-corrected chi connectivity index (χ2v) is 8.73. The van der Waals surface area contributed by atoms with Gasteiger partial charge >= 0.3 is 0 Å². The molecule has 0 fully saturated rings. The Morgan fingerprint density at radius 3 is 2.19 bits per heavy atom. The number of nitrogens with zero attached hydrogens (tertiary/aromatic N) is 4. The van der Waals surface area contributed by atoms with E-state index in [2.05, 4.69) is 50.2 Å². The molecule has 0 saturated heterocycles. The van der Waals surface area contributed by atoms with Crippen LogP contribution in [0.2, 0.25) is 0 Å². The van der Waals surface area contributed by atoms with Crippen molar-refractivity contribution in [2.75, 3.05) is 7.11 Å². The van der Waals surface area contributed by atoms with Gasteiger partial charge in [-0.2, -0.15) is 0 Å². The predicted octanol–water partition coefficient (Wildman–Crippen LogP) is 6.35. The SMILES string of the molecule is COc1ccc(-c2nc(-c3nc(-c4ccccc4)c(C)s3)n(-c3ccc(C)cc3)n2)cc1. The molecule has 2 heterocycles. The van der Waals surface area contributed by atoms with Crippen LogP contribution >= 0.6 is 11.3 Å². The van der Waals surface area contributed by atoms with Gasteiger partial charge in [0.1, 0.15) is 5.75 Å². The molecule has 0 aliphatic rings. The second-order valence-electron chi connectivity index (χ2n) is 7.52. The van der Waals surface area contributed by atoms with Gasteiger partial charge in [0.2, 0.25) is 0 Å². The minimum absolute atomic E-state index is 0.650. The number of aryl methyl sites for hydroxylation is 2. The summed E-state index contributed by atoms with van der Waals surface area (Å²) in [6.45, 7) is 4.17. The zero-order chi connectivity index (χ0) is 22.1. The maximum Gasteiger partial charge on any atom is 0.192 e. The van der Waals surface area contributed by atoms with Gasteiger partial charge in [0, 0.05) is 16.0 Å². The number of aromatic nitrogens is 4. The molecule has 0 bridgehead atoms. The van der Waals surface area contributed by atoms with Crippen LogP contribution in [0.4, 0.5) is 0 Å². The molecule has 32 heavy (non-hydrogen) atoms. The molecule has 5 aromatic rings. The van der Waals surface area contributed by atoms with E-state index in [4.69, 9.17) is 19.8 Å². The number of rotatable bonds is 5. The highest BCUT2D eigenvalue weighted by molar-refractivity contribution is 7.15. The molecular weight excluding hydrogens is 416 g/mol. The van der Waals surface area contributed by atoms with Gasteiger partial charge in [-0.3, -0.25) is 0 Å². The van der Waals surface area contributed by atoms with Gasteiger partial charge < -0.3 is 4.74 Å². The Bertz CT molecular complexity index is 1350. The summed E-state index contributed by atoms with van der Waals surface area (Å²) in [5, 5.41) is 5.70. The molecule has 6 heteroatoms. The van der Waals surface area contributed by atoms with E-state index >= 15 is 0 Å². The Labute approximate surface area is 191 Å². The zero-order valence-corrected chi connectivity index (χ0v) is 18.9. The third-order valence-corrected chi connectivity index (χ3v) is 6.24. The number of hydrogen-bond donors (Lipinski definition) is 0. The highest BCUT2D eigenvalue weighted by atomic mass is 32.1. The Kier molecular flexibility index (Phi) is 5.29. The lowest BCUT2D eigenvalue weighted by molar-refractivity contribution is 0.415. The molecule has 0 saturated carbocycles. The average molecular weight is 439 g/mol. The molecule has 0 atom stereocenters. The van der Waals surface area contributed by atoms with Gasteiger partial charge in [0.05, 0.1) is 18.5 Å².